The largest absolute Gasteiger partial charge is 0.435 e. The zero-order chi connectivity index (χ0) is 11.9. The average Bonchev–Trinajstić information content (AvgIpc) is 2.70. The van der Waals surface area contributed by atoms with Crippen molar-refractivity contribution in [1.29, 1.82) is 0 Å². The number of nitrogens with zero attached hydrogens (tertiary/aromatic N) is 3. The molecular weight excluding hydrogens is 221 g/mol. The number of rotatable bonds is 1. The van der Waals surface area contributed by atoms with Crippen molar-refractivity contribution < 1.29 is 13.2 Å². The molecule has 0 fully saturated rings. The highest BCUT2D eigenvalue weighted by Gasteiger charge is 2.38. The molecule has 0 aliphatic rings. The molecule has 2 heterocycles. The lowest BCUT2D eigenvalue weighted by atomic mass is 10.1. The summed E-state index contributed by atoms with van der Waals surface area (Å²) in [6, 6.07) is 0. The maximum atomic E-state index is 12.6. The fraction of sp³-hybridized carbons (Fsp3) is 0.333. The first-order valence-corrected chi connectivity index (χ1v) is 4.51. The molecule has 2 aromatic heterocycles. The van der Waals surface area contributed by atoms with Gasteiger partial charge in [0, 0.05) is 30.1 Å². The summed E-state index contributed by atoms with van der Waals surface area (Å²) in [7, 11) is 1.65. The molecule has 16 heavy (non-hydrogen) atoms. The summed E-state index contributed by atoms with van der Waals surface area (Å²) < 4.78 is 39.4. The smallest absolute Gasteiger partial charge is 0.282 e. The second kappa shape index (κ2) is 3.36. The summed E-state index contributed by atoms with van der Waals surface area (Å²) in [4.78, 5) is 0. The summed E-state index contributed by atoms with van der Waals surface area (Å²) >= 11 is 0. The highest BCUT2D eigenvalue weighted by atomic mass is 19.4. The van der Waals surface area contributed by atoms with Gasteiger partial charge in [0.25, 0.3) is 0 Å². The minimum atomic E-state index is -4.46. The molecule has 0 bridgehead atoms. The molecule has 7 heteroatoms. The Morgan fingerprint density at radius 1 is 1.38 bits per heavy atom. The maximum absolute atomic E-state index is 12.6. The molecular formula is C9H9F3N4. The minimum absolute atomic E-state index is 0.0561. The lowest BCUT2D eigenvalue weighted by molar-refractivity contribution is -0.140. The fourth-order valence-electron chi connectivity index (χ4n) is 1.54. The number of aromatic nitrogens is 4. The predicted octanol–water partition coefficient (Wildman–Crippen LogP) is 2.14. The molecule has 1 N–H and O–H groups in total. The number of halogens is 3. The van der Waals surface area contributed by atoms with E-state index < -0.39 is 11.9 Å². The Morgan fingerprint density at radius 2 is 2.06 bits per heavy atom. The first kappa shape index (κ1) is 10.7. The molecule has 0 saturated heterocycles. The summed E-state index contributed by atoms with van der Waals surface area (Å²) in [5.41, 5.74) is -0.0694. The van der Waals surface area contributed by atoms with E-state index in [1.807, 2.05) is 0 Å². The molecule has 0 atom stereocenters. The third kappa shape index (κ3) is 1.68. The highest BCUT2D eigenvalue weighted by molar-refractivity contribution is 5.67. The van der Waals surface area contributed by atoms with Crippen molar-refractivity contribution in [3.8, 4) is 11.1 Å². The summed E-state index contributed by atoms with van der Waals surface area (Å²) in [5, 5.41) is 9.47. The second-order valence-corrected chi connectivity index (χ2v) is 3.47. The zero-order valence-corrected chi connectivity index (χ0v) is 8.63. The highest BCUT2D eigenvalue weighted by Crippen LogP contribution is 2.36. The van der Waals surface area contributed by atoms with E-state index in [1.54, 1.807) is 14.0 Å². The lowest BCUT2D eigenvalue weighted by Crippen LogP contribution is -2.07. The number of aryl methyl sites for hydroxylation is 2. The number of hydrogen-bond acceptors (Lipinski definition) is 2. The Morgan fingerprint density at radius 3 is 2.56 bits per heavy atom. The Labute approximate surface area is 89.1 Å². The Kier molecular flexibility index (Phi) is 2.25. The Hall–Kier alpha value is -1.79. The topological polar surface area (TPSA) is 46.5 Å². The summed E-state index contributed by atoms with van der Waals surface area (Å²) in [6.07, 6.45) is -1.56. The van der Waals surface area contributed by atoms with Crippen LogP contribution in [0.3, 0.4) is 0 Å². The van der Waals surface area contributed by atoms with Crippen molar-refractivity contribution in [3.63, 3.8) is 0 Å². The van der Waals surface area contributed by atoms with Crippen molar-refractivity contribution in [2.45, 2.75) is 13.1 Å². The van der Waals surface area contributed by atoms with Crippen LogP contribution in [0.25, 0.3) is 11.1 Å². The van der Waals surface area contributed by atoms with E-state index in [1.165, 1.54) is 17.1 Å². The van der Waals surface area contributed by atoms with Crippen LogP contribution in [0.15, 0.2) is 12.4 Å². The van der Waals surface area contributed by atoms with E-state index in [0.29, 0.717) is 11.3 Å². The van der Waals surface area contributed by atoms with Crippen LogP contribution < -0.4 is 0 Å². The number of alkyl halides is 3. The van der Waals surface area contributed by atoms with E-state index in [0.717, 1.165) is 0 Å². The summed E-state index contributed by atoms with van der Waals surface area (Å²) in [6.45, 7) is 1.55. The third-order valence-corrected chi connectivity index (χ3v) is 2.21. The van der Waals surface area contributed by atoms with E-state index >= 15 is 0 Å². The first-order valence-electron chi connectivity index (χ1n) is 4.51. The van der Waals surface area contributed by atoms with Gasteiger partial charge in [0.05, 0.1) is 6.20 Å². The monoisotopic (exact) mass is 230 g/mol. The molecule has 0 radical (unpaired) electrons. The van der Waals surface area contributed by atoms with E-state index in [4.69, 9.17) is 0 Å². The van der Waals surface area contributed by atoms with Gasteiger partial charge in [-0.2, -0.15) is 23.4 Å². The van der Waals surface area contributed by atoms with Crippen molar-refractivity contribution >= 4 is 0 Å². The molecule has 0 spiro atoms. The zero-order valence-electron chi connectivity index (χ0n) is 8.63. The molecule has 4 nitrogen and oxygen atoms in total. The molecule has 0 aliphatic heterocycles. The van der Waals surface area contributed by atoms with Crippen LogP contribution >= 0.6 is 0 Å². The van der Waals surface area contributed by atoms with Gasteiger partial charge in [-0.05, 0) is 6.92 Å². The molecule has 2 aromatic rings. The van der Waals surface area contributed by atoms with Gasteiger partial charge < -0.3 is 0 Å². The van der Waals surface area contributed by atoms with E-state index in [2.05, 4.69) is 15.3 Å². The maximum Gasteiger partial charge on any atom is 0.435 e. The van der Waals surface area contributed by atoms with Crippen LogP contribution in [-0.2, 0) is 13.2 Å². The quantitative estimate of drug-likeness (QED) is 0.815. The molecule has 0 unspecified atom stereocenters. The number of H-pyrrole nitrogens is 1. The van der Waals surface area contributed by atoms with Gasteiger partial charge in [-0.1, -0.05) is 0 Å². The average molecular weight is 230 g/mol. The van der Waals surface area contributed by atoms with Gasteiger partial charge in [-0.3, -0.25) is 9.78 Å². The number of nitrogens with one attached hydrogen (secondary N) is 1. The molecule has 86 valence electrons. The molecule has 0 amide bonds. The third-order valence-electron chi connectivity index (χ3n) is 2.21. The van der Waals surface area contributed by atoms with Gasteiger partial charge in [0.2, 0.25) is 0 Å². The molecule has 0 aromatic carbocycles. The lowest BCUT2D eigenvalue weighted by Gasteiger charge is -2.04. The van der Waals surface area contributed by atoms with Crippen LogP contribution in [0.5, 0.6) is 0 Å². The number of hydrogen-bond donors (Lipinski definition) is 1. The normalized spacial score (nSPS) is 12.1. The van der Waals surface area contributed by atoms with E-state index in [-0.39, 0.29) is 5.56 Å². The van der Waals surface area contributed by atoms with Crippen LogP contribution in [0, 0.1) is 6.92 Å². The molecule has 0 saturated carbocycles. The minimum Gasteiger partial charge on any atom is -0.282 e. The van der Waals surface area contributed by atoms with Gasteiger partial charge in [0.15, 0.2) is 5.69 Å². The van der Waals surface area contributed by atoms with Gasteiger partial charge in [-0.15, -0.1) is 0 Å². The molecule has 0 aliphatic carbocycles. The second-order valence-electron chi connectivity index (χ2n) is 3.47. The van der Waals surface area contributed by atoms with Crippen molar-refractivity contribution in [1.82, 2.24) is 20.0 Å². The summed E-state index contributed by atoms with van der Waals surface area (Å²) in [5.74, 6) is 0. The molecule has 2 rings (SSSR count). The predicted molar refractivity (Wildman–Crippen MR) is 50.5 cm³/mol. The van der Waals surface area contributed by atoms with Crippen molar-refractivity contribution in [2.24, 2.45) is 7.05 Å². The number of aromatic amines is 1. The van der Waals surface area contributed by atoms with Crippen LogP contribution in [0.2, 0.25) is 0 Å². The van der Waals surface area contributed by atoms with Crippen LogP contribution in [-0.4, -0.2) is 20.0 Å². The van der Waals surface area contributed by atoms with Gasteiger partial charge in [-0.25, -0.2) is 0 Å². The standard InChI is InChI=1S/C9H9F3N4/c1-5-7(6-3-13-16(2)4-6)8(15-14-5)9(10,11)12/h3-4H,1-2H3,(H,14,15). The first-order chi connectivity index (χ1) is 7.39. The fourth-order valence-corrected chi connectivity index (χ4v) is 1.54. The van der Waals surface area contributed by atoms with Crippen LogP contribution in [0.4, 0.5) is 13.2 Å². The van der Waals surface area contributed by atoms with Crippen molar-refractivity contribution in [3.05, 3.63) is 23.8 Å². The van der Waals surface area contributed by atoms with Crippen molar-refractivity contribution in [2.75, 3.05) is 0 Å². The van der Waals surface area contributed by atoms with E-state index in [9.17, 15) is 13.2 Å². The Balaban J connectivity index is 2.60. The van der Waals surface area contributed by atoms with Crippen LogP contribution in [0.1, 0.15) is 11.4 Å². The van der Waals surface area contributed by atoms with Gasteiger partial charge in [0.1, 0.15) is 0 Å². The Bertz CT molecular complexity index is 509. The SMILES string of the molecule is Cc1[nH]nc(C(F)(F)F)c1-c1cnn(C)c1. The van der Waals surface area contributed by atoms with Gasteiger partial charge >= 0.3 is 6.18 Å².